The Morgan fingerprint density at radius 1 is 1.05 bits per heavy atom. The zero-order valence-electron chi connectivity index (χ0n) is 22.1. The van der Waals surface area contributed by atoms with Crippen LogP contribution in [0.15, 0.2) is 63.0 Å². The predicted molar refractivity (Wildman–Crippen MR) is 163 cm³/mol. The number of aryl methyl sites for hydroxylation is 1. The summed E-state index contributed by atoms with van der Waals surface area (Å²) in [6.45, 7) is 1.52. The number of nitrogens with one attached hydrogen (secondary N) is 2. The Balaban J connectivity index is 1.77. The highest BCUT2D eigenvalue weighted by Gasteiger charge is 2.32. The minimum Gasteiger partial charge on any atom is -0.338 e. The van der Waals surface area contributed by atoms with Gasteiger partial charge in [0.05, 0.1) is 22.4 Å². The Morgan fingerprint density at radius 3 is 2.44 bits per heavy atom. The molecular weight excluding hydrogens is 666 g/mol. The second-order valence-corrected chi connectivity index (χ2v) is 12.9. The van der Waals surface area contributed by atoms with Gasteiger partial charge in [0.15, 0.2) is 0 Å². The van der Waals surface area contributed by atoms with Crippen LogP contribution in [0.4, 0.5) is 15.9 Å². The molecule has 1 fully saturated rings. The van der Waals surface area contributed by atoms with Gasteiger partial charge in [-0.3, -0.25) is 23.3 Å². The average molecular weight is 690 g/mol. The maximum absolute atomic E-state index is 14.9. The molecule has 1 aliphatic carbocycles. The van der Waals surface area contributed by atoms with Gasteiger partial charge in [-0.05, 0) is 78.8 Å². The lowest BCUT2D eigenvalue weighted by atomic mass is 10.1. The third-order valence-electron chi connectivity index (χ3n) is 7.37. The van der Waals surface area contributed by atoms with Gasteiger partial charge in [0.2, 0.25) is 0 Å². The summed E-state index contributed by atoms with van der Waals surface area (Å²) in [6.07, 6.45) is 2.62. The summed E-state index contributed by atoms with van der Waals surface area (Å²) >= 11 is 1.98. The summed E-state index contributed by atoms with van der Waals surface area (Å²) in [5, 5.41) is 3.38. The molecule has 5 aromatic rings. The highest BCUT2D eigenvalue weighted by Crippen LogP contribution is 2.35. The van der Waals surface area contributed by atoms with Crippen molar-refractivity contribution in [2.45, 2.75) is 25.8 Å². The van der Waals surface area contributed by atoms with Crippen molar-refractivity contribution in [2.75, 3.05) is 12.4 Å². The summed E-state index contributed by atoms with van der Waals surface area (Å²) in [5.41, 5.74) is -0.913. The van der Waals surface area contributed by atoms with Gasteiger partial charge in [-0.25, -0.2) is 17.9 Å². The van der Waals surface area contributed by atoms with Gasteiger partial charge in [-0.1, -0.05) is 6.07 Å². The summed E-state index contributed by atoms with van der Waals surface area (Å²) in [7, 11) is -1.13. The fourth-order valence-electron chi connectivity index (χ4n) is 5.19. The monoisotopic (exact) mass is 690 g/mol. The van der Waals surface area contributed by atoms with Gasteiger partial charge in [0.25, 0.3) is 11.1 Å². The summed E-state index contributed by atoms with van der Waals surface area (Å²) < 4.78 is 47.9. The predicted octanol–water partition coefficient (Wildman–Crippen LogP) is 3.25. The number of benzene rings is 2. The van der Waals surface area contributed by atoms with E-state index in [1.54, 1.807) is 30.3 Å². The molecule has 41 heavy (non-hydrogen) atoms. The molecule has 0 radical (unpaired) electrons. The van der Waals surface area contributed by atoms with Crippen LogP contribution >= 0.6 is 22.6 Å². The van der Waals surface area contributed by atoms with E-state index in [1.165, 1.54) is 53.0 Å². The van der Waals surface area contributed by atoms with Crippen LogP contribution in [0.3, 0.4) is 0 Å². The Labute approximate surface area is 246 Å². The van der Waals surface area contributed by atoms with Gasteiger partial charge in [-0.15, -0.1) is 0 Å². The van der Waals surface area contributed by atoms with Crippen LogP contribution in [0.2, 0.25) is 0 Å². The van der Waals surface area contributed by atoms with Crippen molar-refractivity contribution in [3.63, 3.8) is 0 Å². The van der Waals surface area contributed by atoms with Crippen LogP contribution in [0, 0.1) is 16.3 Å². The van der Waals surface area contributed by atoms with Gasteiger partial charge >= 0.3 is 15.9 Å². The molecule has 212 valence electrons. The summed E-state index contributed by atoms with van der Waals surface area (Å²) in [5.74, 6) is -0.544. The number of aromatic nitrogens is 4. The minimum absolute atomic E-state index is 0.0337. The first-order chi connectivity index (χ1) is 19.5. The van der Waals surface area contributed by atoms with Crippen LogP contribution in [-0.4, -0.2) is 33.1 Å². The molecule has 2 aromatic carbocycles. The number of pyridine rings is 1. The van der Waals surface area contributed by atoms with E-state index in [2.05, 4.69) is 10.0 Å². The molecule has 6 rings (SSSR count). The Kier molecular flexibility index (Phi) is 6.46. The lowest BCUT2D eigenvalue weighted by Gasteiger charge is -2.21. The number of fused-ring (bicyclic) bond motifs is 2. The van der Waals surface area contributed by atoms with Crippen LogP contribution in [0.25, 0.3) is 27.5 Å². The van der Waals surface area contributed by atoms with Gasteiger partial charge < -0.3 is 5.32 Å². The first-order valence-electron chi connectivity index (χ1n) is 12.6. The van der Waals surface area contributed by atoms with Crippen molar-refractivity contribution >= 4 is 66.1 Å². The molecule has 2 N–H and O–H groups in total. The van der Waals surface area contributed by atoms with E-state index < -0.39 is 32.8 Å². The molecule has 0 saturated heterocycles. The van der Waals surface area contributed by atoms with Crippen molar-refractivity contribution in [1.82, 2.24) is 22.4 Å². The van der Waals surface area contributed by atoms with Crippen LogP contribution in [0.1, 0.15) is 24.4 Å². The number of hydrogen-bond donors (Lipinski definition) is 2. The van der Waals surface area contributed by atoms with Crippen LogP contribution in [0.5, 0.6) is 0 Å². The normalized spacial score (nSPS) is 13.8. The standard InChI is InChI=1S/C27H24FIN6O5S/c1-14-23-22(24(32(3)25(14)36)31-19-10-7-15(29)13-18(19)28)26(37)34(16-8-9-16)27(38)35(23)21-6-4-5-20-17(21)11-12-33(20)41(39,40)30-2/h4-7,10-13,16,30-31H,8-9H2,1-3H3. The summed E-state index contributed by atoms with van der Waals surface area (Å²) in [4.78, 5) is 41.6. The fourth-order valence-corrected chi connectivity index (χ4v) is 6.48. The lowest BCUT2D eigenvalue weighted by Crippen LogP contribution is -2.41. The maximum Gasteiger partial charge on any atom is 0.336 e. The second kappa shape index (κ2) is 9.66. The molecule has 14 heteroatoms. The van der Waals surface area contributed by atoms with E-state index in [-0.39, 0.29) is 34.0 Å². The quantitative estimate of drug-likeness (QED) is 0.264. The molecule has 3 aromatic heterocycles. The molecule has 11 nitrogen and oxygen atoms in total. The third-order valence-corrected chi connectivity index (χ3v) is 9.39. The Hall–Kier alpha value is -3.76. The van der Waals surface area contributed by atoms with Gasteiger partial charge in [0, 0.05) is 40.9 Å². The fraction of sp³-hybridized carbons (Fsp3) is 0.222. The SMILES string of the molecule is CNS(=O)(=O)n1ccc2c(-n3c(=O)n(C4CC4)c(=O)c4c(Nc5ccc(I)cc5F)n(C)c(=O)c(C)c43)cccc21. The number of nitrogens with zero attached hydrogens (tertiary/aromatic N) is 4. The number of hydrogen-bond acceptors (Lipinski definition) is 6. The maximum atomic E-state index is 14.9. The topological polar surface area (TPSA) is 129 Å². The Morgan fingerprint density at radius 2 is 1.78 bits per heavy atom. The molecule has 0 amide bonds. The number of halogens is 2. The van der Waals surface area contributed by atoms with E-state index in [1.807, 2.05) is 22.6 Å². The van der Waals surface area contributed by atoms with Crippen molar-refractivity contribution in [3.05, 3.63) is 94.8 Å². The van der Waals surface area contributed by atoms with E-state index in [4.69, 9.17) is 0 Å². The molecule has 1 aliphatic rings. The molecule has 0 spiro atoms. The van der Waals surface area contributed by atoms with Crippen molar-refractivity contribution < 1.29 is 12.8 Å². The van der Waals surface area contributed by atoms with Gasteiger partial charge in [0.1, 0.15) is 17.0 Å². The molecular formula is C27H24FIN6O5S. The zero-order valence-corrected chi connectivity index (χ0v) is 25.1. The van der Waals surface area contributed by atoms with Gasteiger partial charge in [-0.2, -0.15) is 8.42 Å². The zero-order chi connectivity index (χ0) is 29.4. The molecule has 0 atom stereocenters. The van der Waals surface area contributed by atoms with Crippen LogP contribution < -0.4 is 26.8 Å². The molecule has 0 bridgehead atoms. The first-order valence-corrected chi connectivity index (χ1v) is 15.2. The lowest BCUT2D eigenvalue weighted by molar-refractivity contribution is 0.581. The highest BCUT2D eigenvalue weighted by molar-refractivity contribution is 14.1. The van der Waals surface area contributed by atoms with E-state index in [0.29, 0.717) is 33.0 Å². The van der Waals surface area contributed by atoms with Crippen molar-refractivity contribution in [3.8, 4) is 5.69 Å². The van der Waals surface area contributed by atoms with Crippen molar-refractivity contribution in [2.24, 2.45) is 7.05 Å². The first kappa shape index (κ1) is 27.4. The highest BCUT2D eigenvalue weighted by atomic mass is 127. The second-order valence-electron chi connectivity index (χ2n) is 9.87. The largest absolute Gasteiger partial charge is 0.338 e. The number of rotatable bonds is 6. The molecule has 0 aliphatic heterocycles. The smallest absolute Gasteiger partial charge is 0.336 e. The van der Waals surface area contributed by atoms with Crippen molar-refractivity contribution in [1.29, 1.82) is 0 Å². The molecule has 0 unspecified atom stereocenters. The molecule has 3 heterocycles. The minimum atomic E-state index is -3.90. The molecule has 1 saturated carbocycles. The number of anilines is 2. The van der Waals surface area contributed by atoms with E-state index >= 15 is 0 Å². The third kappa shape index (κ3) is 4.23. The van der Waals surface area contributed by atoms with E-state index in [9.17, 15) is 27.2 Å². The van der Waals surface area contributed by atoms with E-state index in [0.717, 1.165) is 3.97 Å². The summed E-state index contributed by atoms with van der Waals surface area (Å²) in [6, 6.07) is 10.6. The Bertz CT molecular complexity index is 2210. The van der Waals surface area contributed by atoms with Crippen LogP contribution in [-0.2, 0) is 17.3 Å². The average Bonchev–Trinajstić information content (AvgIpc) is 3.66.